The largest absolute Gasteiger partial charge is 0.342 e. The predicted molar refractivity (Wildman–Crippen MR) is 74.9 cm³/mol. The van der Waals surface area contributed by atoms with E-state index in [-0.39, 0.29) is 16.0 Å². The number of rotatable bonds is 2. The van der Waals surface area contributed by atoms with Crippen LogP contribution in [0.25, 0.3) is 0 Å². The molecule has 0 N–H and O–H groups in total. The van der Waals surface area contributed by atoms with Crippen LogP contribution in [0.2, 0.25) is 5.15 Å². The molecule has 0 saturated carbocycles. The maximum Gasteiger partial charge on any atom is 0.243 e. The second kappa shape index (κ2) is 6.07. The highest BCUT2D eigenvalue weighted by Gasteiger charge is 2.27. The lowest BCUT2D eigenvalue weighted by Gasteiger charge is -2.21. The number of sulfonamides is 1. The molecule has 0 aromatic carbocycles. The molecule has 0 radical (unpaired) electrons. The van der Waals surface area contributed by atoms with Crippen LogP contribution >= 0.6 is 11.6 Å². The van der Waals surface area contributed by atoms with Crippen molar-refractivity contribution < 1.29 is 13.2 Å². The summed E-state index contributed by atoms with van der Waals surface area (Å²) < 4.78 is 26.4. The van der Waals surface area contributed by atoms with Crippen LogP contribution in [-0.4, -0.2) is 54.7 Å². The van der Waals surface area contributed by atoms with Gasteiger partial charge in [0.2, 0.25) is 15.9 Å². The van der Waals surface area contributed by atoms with Crippen LogP contribution in [0, 0.1) is 0 Å². The van der Waals surface area contributed by atoms with E-state index in [1.165, 1.54) is 29.6 Å². The van der Waals surface area contributed by atoms with Crippen molar-refractivity contribution in [3.05, 3.63) is 23.5 Å². The molecule has 2 rings (SSSR count). The second-order valence-corrected chi connectivity index (χ2v) is 6.90. The van der Waals surface area contributed by atoms with Gasteiger partial charge >= 0.3 is 0 Å². The molecule has 0 atom stereocenters. The number of carbonyl (C=O) groups is 1. The molecule has 2 heterocycles. The Balaban J connectivity index is 2.20. The van der Waals surface area contributed by atoms with Gasteiger partial charge < -0.3 is 4.90 Å². The smallest absolute Gasteiger partial charge is 0.243 e. The average Bonchev–Trinajstić information content (AvgIpc) is 2.64. The highest BCUT2D eigenvalue weighted by molar-refractivity contribution is 7.89. The van der Waals surface area contributed by atoms with E-state index in [4.69, 9.17) is 11.6 Å². The van der Waals surface area contributed by atoms with Crippen LogP contribution in [0.1, 0.15) is 13.3 Å². The molecule has 110 valence electrons. The fourth-order valence-electron chi connectivity index (χ4n) is 2.14. The monoisotopic (exact) mass is 317 g/mol. The highest BCUT2D eigenvalue weighted by atomic mass is 35.5. The maximum atomic E-state index is 12.5. The number of carbonyl (C=O) groups excluding carboxylic acids is 1. The van der Waals surface area contributed by atoms with Gasteiger partial charge in [-0.15, -0.1) is 0 Å². The van der Waals surface area contributed by atoms with Crippen molar-refractivity contribution in [2.75, 3.05) is 26.2 Å². The van der Waals surface area contributed by atoms with Gasteiger partial charge in [-0.25, -0.2) is 13.4 Å². The summed E-state index contributed by atoms with van der Waals surface area (Å²) in [7, 11) is -3.59. The number of amides is 1. The molecule has 8 heteroatoms. The summed E-state index contributed by atoms with van der Waals surface area (Å²) in [5.74, 6) is -0.0313. The SMILES string of the molecule is CC(=O)N1CCCN(S(=O)(=O)c2ccnc(Cl)c2)CC1. The van der Waals surface area contributed by atoms with Crippen LogP contribution in [0.5, 0.6) is 0 Å². The van der Waals surface area contributed by atoms with E-state index >= 15 is 0 Å². The Morgan fingerprint density at radius 1 is 1.30 bits per heavy atom. The zero-order valence-corrected chi connectivity index (χ0v) is 12.7. The lowest BCUT2D eigenvalue weighted by atomic mass is 10.4. The van der Waals surface area contributed by atoms with Gasteiger partial charge in [-0.2, -0.15) is 4.31 Å². The van der Waals surface area contributed by atoms with E-state index in [1.54, 1.807) is 4.90 Å². The van der Waals surface area contributed by atoms with Gasteiger partial charge in [0, 0.05) is 39.3 Å². The van der Waals surface area contributed by atoms with Crippen molar-refractivity contribution in [3.63, 3.8) is 0 Å². The number of hydrogen-bond donors (Lipinski definition) is 0. The van der Waals surface area contributed by atoms with E-state index in [2.05, 4.69) is 4.98 Å². The number of nitrogens with zero attached hydrogens (tertiary/aromatic N) is 3. The Labute approximate surface area is 123 Å². The Morgan fingerprint density at radius 2 is 2.05 bits per heavy atom. The third-order valence-corrected chi connectivity index (χ3v) is 5.34. The normalized spacial score (nSPS) is 17.8. The van der Waals surface area contributed by atoms with Crippen molar-refractivity contribution >= 4 is 27.5 Å². The zero-order chi connectivity index (χ0) is 14.8. The Morgan fingerprint density at radius 3 is 2.70 bits per heavy atom. The quantitative estimate of drug-likeness (QED) is 0.762. The van der Waals surface area contributed by atoms with Crippen molar-refractivity contribution in [2.45, 2.75) is 18.2 Å². The lowest BCUT2D eigenvalue weighted by molar-refractivity contribution is -0.128. The van der Waals surface area contributed by atoms with Crippen molar-refractivity contribution in [1.29, 1.82) is 0 Å². The number of hydrogen-bond acceptors (Lipinski definition) is 4. The molecule has 1 aromatic rings. The fourth-order valence-corrected chi connectivity index (χ4v) is 3.86. The predicted octanol–water partition coefficient (Wildman–Crippen LogP) is 0.978. The summed E-state index contributed by atoms with van der Waals surface area (Å²) in [5.41, 5.74) is 0. The molecule has 0 unspecified atom stereocenters. The summed E-state index contributed by atoms with van der Waals surface area (Å²) in [5, 5.41) is 0.145. The first-order valence-electron chi connectivity index (χ1n) is 6.28. The van der Waals surface area contributed by atoms with Gasteiger partial charge in [0.1, 0.15) is 5.15 Å². The molecule has 1 amide bonds. The minimum atomic E-state index is -3.59. The van der Waals surface area contributed by atoms with Crippen LogP contribution in [0.3, 0.4) is 0 Å². The first-order valence-corrected chi connectivity index (χ1v) is 8.10. The Bertz CT molecular complexity index is 606. The molecule has 0 spiro atoms. The molecular formula is C12H16ClN3O3S. The first-order chi connectivity index (χ1) is 9.41. The molecule has 0 bridgehead atoms. The summed E-state index contributed by atoms with van der Waals surface area (Å²) in [6.45, 7) is 3.17. The van der Waals surface area contributed by atoms with E-state index in [0.717, 1.165) is 0 Å². The van der Waals surface area contributed by atoms with Gasteiger partial charge in [-0.3, -0.25) is 4.79 Å². The summed E-state index contributed by atoms with van der Waals surface area (Å²) in [4.78, 5) is 16.9. The molecule has 1 aliphatic rings. The van der Waals surface area contributed by atoms with Crippen molar-refractivity contribution in [2.24, 2.45) is 0 Å². The molecular weight excluding hydrogens is 302 g/mol. The summed E-state index contributed by atoms with van der Waals surface area (Å²) >= 11 is 5.74. The summed E-state index contributed by atoms with van der Waals surface area (Å²) in [6, 6.07) is 2.76. The molecule has 1 aromatic heterocycles. The van der Waals surface area contributed by atoms with E-state index < -0.39 is 10.0 Å². The van der Waals surface area contributed by atoms with Crippen molar-refractivity contribution in [3.8, 4) is 0 Å². The van der Waals surface area contributed by atoms with E-state index in [0.29, 0.717) is 32.6 Å². The second-order valence-electron chi connectivity index (χ2n) is 4.58. The molecule has 1 saturated heterocycles. The standard InChI is InChI=1S/C12H16ClN3O3S/c1-10(17)15-5-2-6-16(8-7-15)20(18,19)11-3-4-14-12(13)9-11/h3-4,9H,2,5-8H2,1H3. The highest BCUT2D eigenvalue weighted by Crippen LogP contribution is 2.19. The molecule has 1 fully saturated rings. The average molecular weight is 318 g/mol. The van der Waals surface area contributed by atoms with Gasteiger partial charge in [0.25, 0.3) is 0 Å². The van der Waals surface area contributed by atoms with Gasteiger partial charge in [0.15, 0.2) is 0 Å². The Hall–Kier alpha value is -1.18. The van der Waals surface area contributed by atoms with Gasteiger partial charge in [-0.1, -0.05) is 11.6 Å². The third-order valence-electron chi connectivity index (χ3n) is 3.24. The molecule has 20 heavy (non-hydrogen) atoms. The third kappa shape index (κ3) is 3.28. The zero-order valence-electron chi connectivity index (χ0n) is 11.1. The molecule has 6 nitrogen and oxygen atoms in total. The maximum absolute atomic E-state index is 12.5. The van der Waals surface area contributed by atoms with Crippen LogP contribution in [0.4, 0.5) is 0 Å². The van der Waals surface area contributed by atoms with Gasteiger partial charge in [-0.05, 0) is 18.6 Å². The lowest BCUT2D eigenvalue weighted by Crippen LogP contribution is -2.36. The van der Waals surface area contributed by atoms with Gasteiger partial charge in [0.05, 0.1) is 4.90 Å². The van der Waals surface area contributed by atoms with E-state index in [9.17, 15) is 13.2 Å². The van der Waals surface area contributed by atoms with Crippen molar-refractivity contribution in [1.82, 2.24) is 14.2 Å². The topological polar surface area (TPSA) is 70.6 Å². The fraction of sp³-hybridized carbons (Fsp3) is 0.500. The first kappa shape index (κ1) is 15.2. The molecule has 1 aliphatic heterocycles. The molecule has 0 aliphatic carbocycles. The van der Waals surface area contributed by atoms with Crippen LogP contribution < -0.4 is 0 Å². The van der Waals surface area contributed by atoms with Crippen LogP contribution in [0.15, 0.2) is 23.2 Å². The number of pyridine rings is 1. The minimum Gasteiger partial charge on any atom is -0.342 e. The number of halogens is 1. The van der Waals surface area contributed by atoms with Crippen LogP contribution in [-0.2, 0) is 14.8 Å². The minimum absolute atomic E-state index is 0.0313. The van der Waals surface area contributed by atoms with E-state index in [1.807, 2.05) is 0 Å². The number of aromatic nitrogens is 1. The summed E-state index contributed by atoms with van der Waals surface area (Å²) in [6.07, 6.45) is 1.99. The Kier molecular flexibility index (Phi) is 4.62.